The van der Waals surface area contributed by atoms with Gasteiger partial charge in [-0.2, -0.15) is 8.42 Å². The number of non-ortho nitro benzene ring substituents is 1. The zero-order chi connectivity index (χ0) is 16.9. The van der Waals surface area contributed by atoms with Crippen LogP contribution in [0.25, 0.3) is 0 Å². The molecule has 0 aliphatic carbocycles. The highest BCUT2D eigenvalue weighted by Gasteiger charge is 2.14. The molecule has 0 aromatic heterocycles. The molecule has 2 aromatic rings. The van der Waals surface area contributed by atoms with Crippen LogP contribution in [0.4, 0.5) is 5.69 Å². The van der Waals surface area contributed by atoms with Crippen molar-refractivity contribution in [2.24, 2.45) is 0 Å². The molecule has 0 atom stereocenters. The van der Waals surface area contributed by atoms with Crippen molar-refractivity contribution in [3.05, 3.63) is 64.2 Å². The Morgan fingerprint density at radius 2 is 1.61 bits per heavy atom. The normalized spacial score (nSPS) is 11.2. The van der Waals surface area contributed by atoms with Gasteiger partial charge in [0, 0.05) is 12.1 Å². The second kappa shape index (κ2) is 7.21. The average Bonchev–Trinajstić information content (AvgIpc) is 2.52. The van der Waals surface area contributed by atoms with Gasteiger partial charge >= 0.3 is 0 Å². The predicted octanol–water partition coefficient (Wildman–Crippen LogP) is 2.69. The third-order valence-corrected chi connectivity index (χ3v) is 4.27. The minimum atomic E-state index is -3.82. The van der Waals surface area contributed by atoms with Gasteiger partial charge in [0.2, 0.25) is 0 Å². The summed E-state index contributed by atoms with van der Waals surface area (Å²) < 4.78 is 34.0. The molecule has 0 bridgehead atoms. The molecule has 0 aliphatic heterocycles. The number of hydrogen-bond acceptors (Lipinski definition) is 6. The molecule has 0 heterocycles. The van der Waals surface area contributed by atoms with E-state index in [0.29, 0.717) is 5.75 Å². The highest BCUT2D eigenvalue weighted by molar-refractivity contribution is 7.86. The zero-order valence-corrected chi connectivity index (χ0v) is 13.2. The van der Waals surface area contributed by atoms with Gasteiger partial charge in [-0.3, -0.25) is 14.3 Å². The number of aryl methyl sites for hydroxylation is 1. The summed E-state index contributed by atoms with van der Waals surface area (Å²) in [6.07, 6.45) is 0. The molecule has 0 amide bonds. The summed E-state index contributed by atoms with van der Waals surface area (Å²) >= 11 is 0. The molecular weight excluding hydrogens is 322 g/mol. The van der Waals surface area contributed by atoms with Crippen molar-refractivity contribution in [1.29, 1.82) is 0 Å². The summed E-state index contributed by atoms with van der Waals surface area (Å²) in [5.41, 5.74) is 0.904. The smallest absolute Gasteiger partial charge is 0.297 e. The molecule has 2 aromatic carbocycles. The van der Waals surface area contributed by atoms with Crippen LogP contribution in [0.1, 0.15) is 5.56 Å². The van der Waals surface area contributed by atoms with Gasteiger partial charge in [0.25, 0.3) is 15.8 Å². The second-order valence-corrected chi connectivity index (χ2v) is 6.30. The maximum atomic E-state index is 11.9. The molecule has 122 valence electrons. The molecule has 0 saturated carbocycles. The minimum absolute atomic E-state index is 0.00288. The van der Waals surface area contributed by atoms with E-state index in [2.05, 4.69) is 0 Å². The lowest BCUT2D eigenvalue weighted by Gasteiger charge is -2.08. The van der Waals surface area contributed by atoms with E-state index >= 15 is 0 Å². The van der Waals surface area contributed by atoms with Gasteiger partial charge in [-0.05, 0) is 31.2 Å². The lowest BCUT2D eigenvalue weighted by atomic mass is 10.2. The summed E-state index contributed by atoms with van der Waals surface area (Å²) in [7, 11) is -3.82. The molecule has 0 aliphatic rings. The Labute approximate surface area is 133 Å². The van der Waals surface area contributed by atoms with E-state index in [1.165, 1.54) is 36.4 Å². The van der Waals surface area contributed by atoms with Gasteiger partial charge in [0.05, 0.1) is 9.82 Å². The Kier molecular flexibility index (Phi) is 5.30. The van der Waals surface area contributed by atoms with Gasteiger partial charge in [0.15, 0.2) is 0 Å². The van der Waals surface area contributed by atoms with E-state index in [-0.39, 0.29) is 23.8 Å². The summed E-state index contributed by atoms with van der Waals surface area (Å²) in [6.45, 7) is 1.70. The van der Waals surface area contributed by atoms with Gasteiger partial charge < -0.3 is 4.74 Å². The van der Waals surface area contributed by atoms with Crippen LogP contribution in [0, 0.1) is 17.0 Å². The largest absolute Gasteiger partial charge is 0.491 e. The quantitative estimate of drug-likeness (QED) is 0.333. The number of benzene rings is 2. The van der Waals surface area contributed by atoms with Gasteiger partial charge in [-0.15, -0.1) is 0 Å². The fraction of sp³-hybridized carbons (Fsp3) is 0.200. The van der Waals surface area contributed by atoms with Crippen molar-refractivity contribution in [2.45, 2.75) is 11.8 Å². The summed E-state index contributed by atoms with van der Waals surface area (Å²) in [5.74, 6) is 0.395. The van der Waals surface area contributed by atoms with E-state index < -0.39 is 15.0 Å². The Morgan fingerprint density at radius 1 is 1.00 bits per heavy atom. The Hall–Kier alpha value is -2.45. The lowest BCUT2D eigenvalue weighted by Crippen LogP contribution is -2.13. The average molecular weight is 337 g/mol. The van der Waals surface area contributed by atoms with Crippen molar-refractivity contribution in [1.82, 2.24) is 0 Å². The Bertz CT molecular complexity index is 769. The molecular formula is C15H15NO6S. The van der Waals surface area contributed by atoms with E-state index in [1.54, 1.807) is 12.1 Å². The summed E-state index contributed by atoms with van der Waals surface area (Å²) in [6, 6.07) is 11.8. The van der Waals surface area contributed by atoms with Crippen LogP contribution < -0.4 is 4.74 Å². The van der Waals surface area contributed by atoms with Crippen molar-refractivity contribution in [3.8, 4) is 5.75 Å². The Balaban J connectivity index is 1.84. The predicted molar refractivity (Wildman–Crippen MR) is 82.9 cm³/mol. The van der Waals surface area contributed by atoms with Crippen LogP contribution in [0.3, 0.4) is 0 Å². The molecule has 0 N–H and O–H groups in total. The second-order valence-electron chi connectivity index (χ2n) is 4.69. The highest BCUT2D eigenvalue weighted by atomic mass is 32.2. The fourth-order valence-corrected chi connectivity index (χ4v) is 2.63. The first-order valence-corrected chi connectivity index (χ1v) is 8.13. The molecule has 2 rings (SSSR count). The first-order valence-electron chi connectivity index (χ1n) is 6.72. The molecule has 0 fully saturated rings. The maximum Gasteiger partial charge on any atom is 0.297 e. The van der Waals surface area contributed by atoms with Crippen molar-refractivity contribution in [2.75, 3.05) is 13.2 Å². The molecule has 0 spiro atoms. The monoisotopic (exact) mass is 337 g/mol. The van der Waals surface area contributed by atoms with Crippen LogP contribution >= 0.6 is 0 Å². The van der Waals surface area contributed by atoms with Crippen LogP contribution in [0.2, 0.25) is 0 Å². The first-order chi connectivity index (χ1) is 10.9. The van der Waals surface area contributed by atoms with Gasteiger partial charge in [0.1, 0.15) is 19.0 Å². The lowest BCUT2D eigenvalue weighted by molar-refractivity contribution is -0.384. The first kappa shape index (κ1) is 16.9. The summed E-state index contributed by atoms with van der Waals surface area (Å²) in [4.78, 5) is 10.1. The third-order valence-electron chi connectivity index (χ3n) is 2.95. The highest BCUT2D eigenvalue weighted by Crippen LogP contribution is 2.17. The van der Waals surface area contributed by atoms with Crippen molar-refractivity contribution < 1.29 is 22.3 Å². The fourth-order valence-electron chi connectivity index (χ4n) is 1.74. The summed E-state index contributed by atoms with van der Waals surface area (Å²) in [5, 5.41) is 10.5. The molecule has 8 heteroatoms. The minimum Gasteiger partial charge on any atom is -0.491 e. The molecule has 0 unspecified atom stereocenters. The van der Waals surface area contributed by atoms with Crippen LogP contribution in [-0.4, -0.2) is 26.6 Å². The van der Waals surface area contributed by atoms with Crippen molar-refractivity contribution in [3.63, 3.8) is 0 Å². The molecule has 23 heavy (non-hydrogen) atoms. The number of hydrogen-bond donors (Lipinski definition) is 0. The van der Waals surface area contributed by atoms with Gasteiger partial charge in [-0.1, -0.05) is 17.7 Å². The number of ether oxygens (including phenoxy) is 1. The number of rotatable bonds is 7. The van der Waals surface area contributed by atoms with Crippen LogP contribution in [-0.2, 0) is 14.3 Å². The van der Waals surface area contributed by atoms with E-state index in [4.69, 9.17) is 8.92 Å². The third kappa shape index (κ3) is 4.76. The van der Waals surface area contributed by atoms with E-state index in [0.717, 1.165) is 5.56 Å². The maximum absolute atomic E-state index is 11.9. The van der Waals surface area contributed by atoms with Gasteiger partial charge in [-0.25, -0.2) is 0 Å². The SMILES string of the molecule is Cc1ccc(S(=O)(=O)OCCOc2ccc([N+](=O)[O-])cc2)cc1. The van der Waals surface area contributed by atoms with Crippen molar-refractivity contribution >= 4 is 15.8 Å². The molecule has 0 saturated heterocycles. The number of nitro benzene ring substituents is 1. The number of nitrogens with zero attached hydrogens (tertiary/aromatic N) is 1. The van der Waals surface area contributed by atoms with Crippen LogP contribution in [0.15, 0.2) is 53.4 Å². The zero-order valence-electron chi connectivity index (χ0n) is 12.3. The van der Waals surface area contributed by atoms with E-state index in [9.17, 15) is 18.5 Å². The van der Waals surface area contributed by atoms with E-state index in [1.807, 2.05) is 6.92 Å². The standard InChI is InChI=1S/C15H15NO6S/c1-12-2-8-15(9-3-12)23(19,20)22-11-10-21-14-6-4-13(5-7-14)16(17)18/h2-9H,10-11H2,1H3. The topological polar surface area (TPSA) is 95.7 Å². The molecule has 7 nitrogen and oxygen atoms in total. The van der Waals surface area contributed by atoms with Crippen LogP contribution in [0.5, 0.6) is 5.75 Å². The molecule has 0 radical (unpaired) electrons. The Morgan fingerprint density at radius 3 is 2.17 bits per heavy atom. The number of nitro groups is 1.